The SMILES string of the molecule is Nc1cc(Cl)c(Cl)c2[nH]nc(-c3cn[nH]c3)c12. The van der Waals surface area contributed by atoms with Gasteiger partial charge in [-0.05, 0) is 6.07 Å². The minimum Gasteiger partial charge on any atom is -0.398 e. The number of anilines is 1. The standard InChI is InChI=1S/C10H7Cl2N5/c11-5-1-6(13)7-9(4-2-14-15-3-4)16-17-10(7)8(5)12/h1-3H,13H2,(H,14,15)(H,16,17). The molecule has 17 heavy (non-hydrogen) atoms. The van der Waals surface area contributed by atoms with Gasteiger partial charge in [0.25, 0.3) is 0 Å². The monoisotopic (exact) mass is 267 g/mol. The van der Waals surface area contributed by atoms with E-state index in [1.165, 1.54) is 0 Å². The zero-order valence-corrected chi connectivity index (χ0v) is 9.97. The van der Waals surface area contributed by atoms with E-state index in [-0.39, 0.29) is 0 Å². The molecule has 0 radical (unpaired) electrons. The first-order chi connectivity index (χ1) is 8.18. The summed E-state index contributed by atoms with van der Waals surface area (Å²) in [5.41, 5.74) is 8.64. The van der Waals surface area contributed by atoms with E-state index in [1.54, 1.807) is 18.5 Å². The van der Waals surface area contributed by atoms with Gasteiger partial charge in [-0.2, -0.15) is 10.2 Å². The van der Waals surface area contributed by atoms with E-state index in [9.17, 15) is 0 Å². The first-order valence-corrected chi connectivity index (χ1v) is 5.54. The van der Waals surface area contributed by atoms with E-state index >= 15 is 0 Å². The van der Waals surface area contributed by atoms with Crippen molar-refractivity contribution in [2.45, 2.75) is 0 Å². The van der Waals surface area contributed by atoms with Gasteiger partial charge in [0.15, 0.2) is 0 Å². The van der Waals surface area contributed by atoms with Crippen LogP contribution in [-0.2, 0) is 0 Å². The number of hydrogen-bond acceptors (Lipinski definition) is 3. The number of H-pyrrole nitrogens is 2. The van der Waals surface area contributed by atoms with Gasteiger partial charge in [0.2, 0.25) is 0 Å². The van der Waals surface area contributed by atoms with E-state index in [0.29, 0.717) is 26.9 Å². The highest BCUT2D eigenvalue weighted by Crippen LogP contribution is 2.38. The molecule has 3 aromatic rings. The van der Waals surface area contributed by atoms with Crippen molar-refractivity contribution in [3.63, 3.8) is 0 Å². The summed E-state index contributed by atoms with van der Waals surface area (Å²) in [5.74, 6) is 0. The van der Waals surface area contributed by atoms with E-state index in [4.69, 9.17) is 28.9 Å². The third-order valence-electron chi connectivity index (χ3n) is 2.54. The summed E-state index contributed by atoms with van der Waals surface area (Å²) in [6.45, 7) is 0. The van der Waals surface area contributed by atoms with Gasteiger partial charge in [0, 0.05) is 17.4 Å². The van der Waals surface area contributed by atoms with Crippen LogP contribution in [0.2, 0.25) is 10.0 Å². The fourth-order valence-electron chi connectivity index (χ4n) is 1.76. The number of fused-ring (bicyclic) bond motifs is 1. The smallest absolute Gasteiger partial charge is 0.105 e. The summed E-state index contributed by atoms with van der Waals surface area (Å²) in [6.07, 6.45) is 3.40. The Hall–Kier alpha value is -1.72. The van der Waals surface area contributed by atoms with Gasteiger partial charge in [-0.1, -0.05) is 23.2 Å². The van der Waals surface area contributed by atoms with Crippen molar-refractivity contribution in [1.82, 2.24) is 20.4 Å². The zero-order chi connectivity index (χ0) is 12.0. The molecule has 0 amide bonds. The molecule has 0 saturated heterocycles. The molecule has 0 aliphatic heterocycles. The van der Waals surface area contributed by atoms with Gasteiger partial charge in [-0.25, -0.2) is 0 Å². The van der Waals surface area contributed by atoms with Crippen LogP contribution in [0.25, 0.3) is 22.2 Å². The molecule has 0 unspecified atom stereocenters. The van der Waals surface area contributed by atoms with Gasteiger partial charge in [-0.15, -0.1) is 0 Å². The lowest BCUT2D eigenvalue weighted by Crippen LogP contribution is -1.88. The van der Waals surface area contributed by atoms with Crippen LogP contribution in [0, 0.1) is 0 Å². The number of rotatable bonds is 1. The molecule has 0 aliphatic carbocycles. The Bertz CT molecular complexity index is 686. The number of nitrogens with two attached hydrogens (primary N) is 1. The average molecular weight is 268 g/mol. The predicted octanol–water partition coefficient (Wildman–Crippen LogP) is 2.84. The van der Waals surface area contributed by atoms with Crippen LogP contribution >= 0.6 is 23.2 Å². The molecule has 0 bridgehead atoms. The van der Waals surface area contributed by atoms with E-state index in [2.05, 4.69) is 20.4 Å². The highest BCUT2D eigenvalue weighted by atomic mass is 35.5. The highest BCUT2D eigenvalue weighted by molar-refractivity contribution is 6.45. The average Bonchev–Trinajstić information content (AvgIpc) is 2.94. The second-order valence-electron chi connectivity index (χ2n) is 3.57. The Morgan fingerprint density at radius 1 is 1.29 bits per heavy atom. The molecule has 0 atom stereocenters. The summed E-state index contributed by atoms with van der Waals surface area (Å²) in [4.78, 5) is 0. The highest BCUT2D eigenvalue weighted by Gasteiger charge is 2.16. The van der Waals surface area contributed by atoms with Crippen molar-refractivity contribution in [2.75, 3.05) is 5.73 Å². The van der Waals surface area contributed by atoms with Gasteiger partial charge in [0.05, 0.1) is 27.1 Å². The zero-order valence-electron chi connectivity index (χ0n) is 8.46. The molecule has 2 aromatic heterocycles. The first kappa shape index (κ1) is 10.4. The maximum absolute atomic E-state index is 6.09. The Kier molecular flexibility index (Phi) is 2.24. The summed E-state index contributed by atoms with van der Waals surface area (Å²) in [6, 6.07) is 1.62. The second-order valence-corrected chi connectivity index (χ2v) is 4.36. The molecular formula is C10H7Cl2N5. The van der Waals surface area contributed by atoms with Gasteiger partial charge in [-0.3, -0.25) is 10.2 Å². The molecule has 1 aromatic carbocycles. The summed E-state index contributed by atoms with van der Waals surface area (Å²) in [5, 5.41) is 15.2. The largest absolute Gasteiger partial charge is 0.398 e. The van der Waals surface area contributed by atoms with Gasteiger partial charge in [0.1, 0.15) is 5.69 Å². The predicted molar refractivity (Wildman–Crippen MR) is 68.1 cm³/mol. The van der Waals surface area contributed by atoms with E-state index in [0.717, 1.165) is 10.9 Å². The molecule has 0 spiro atoms. The Morgan fingerprint density at radius 2 is 2.12 bits per heavy atom. The molecule has 4 N–H and O–H groups in total. The molecule has 2 heterocycles. The Balaban J connectivity index is 2.40. The minimum atomic E-state index is 0.402. The van der Waals surface area contributed by atoms with Crippen molar-refractivity contribution >= 4 is 39.8 Å². The number of hydrogen-bond donors (Lipinski definition) is 3. The number of benzene rings is 1. The van der Waals surface area contributed by atoms with Crippen LogP contribution in [0.5, 0.6) is 0 Å². The lowest BCUT2D eigenvalue weighted by Gasteiger charge is -2.02. The number of nitrogens with one attached hydrogen (secondary N) is 2. The van der Waals surface area contributed by atoms with Gasteiger partial charge < -0.3 is 5.73 Å². The van der Waals surface area contributed by atoms with Crippen LogP contribution in [0.4, 0.5) is 5.69 Å². The topological polar surface area (TPSA) is 83.4 Å². The van der Waals surface area contributed by atoms with Crippen LogP contribution < -0.4 is 5.73 Å². The fraction of sp³-hybridized carbons (Fsp3) is 0. The molecule has 0 saturated carbocycles. The number of nitrogens with zero attached hydrogens (tertiary/aromatic N) is 2. The Labute approximate surface area is 106 Å². The molecule has 5 nitrogen and oxygen atoms in total. The molecule has 7 heteroatoms. The van der Waals surface area contributed by atoms with Crippen LogP contribution in [0.1, 0.15) is 0 Å². The number of halogens is 2. The van der Waals surface area contributed by atoms with Crippen LogP contribution in [0.15, 0.2) is 18.5 Å². The first-order valence-electron chi connectivity index (χ1n) is 4.79. The van der Waals surface area contributed by atoms with Crippen molar-refractivity contribution in [3.05, 3.63) is 28.5 Å². The van der Waals surface area contributed by atoms with Gasteiger partial charge >= 0.3 is 0 Å². The maximum atomic E-state index is 6.09. The molecule has 3 rings (SSSR count). The normalized spacial score (nSPS) is 11.2. The molecule has 0 fully saturated rings. The quantitative estimate of drug-likeness (QED) is 0.593. The fourth-order valence-corrected chi connectivity index (χ4v) is 2.17. The Morgan fingerprint density at radius 3 is 2.82 bits per heavy atom. The van der Waals surface area contributed by atoms with Crippen molar-refractivity contribution in [1.29, 1.82) is 0 Å². The third-order valence-corrected chi connectivity index (χ3v) is 3.33. The van der Waals surface area contributed by atoms with Crippen molar-refractivity contribution in [3.8, 4) is 11.3 Å². The van der Waals surface area contributed by atoms with E-state index < -0.39 is 0 Å². The number of aromatic amines is 2. The summed E-state index contributed by atoms with van der Waals surface area (Å²) >= 11 is 12.0. The second kappa shape index (κ2) is 3.65. The summed E-state index contributed by atoms with van der Waals surface area (Å²) < 4.78 is 0. The molecule has 86 valence electrons. The van der Waals surface area contributed by atoms with E-state index in [1.807, 2.05) is 0 Å². The van der Waals surface area contributed by atoms with Crippen LogP contribution in [0.3, 0.4) is 0 Å². The lowest BCUT2D eigenvalue weighted by molar-refractivity contribution is 1.09. The summed E-state index contributed by atoms with van der Waals surface area (Å²) in [7, 11) is 0. The number of aromatic nitrogens is 4. The van der Waals surface area contributed by atoms with Crippen molar-refractivity contribution < 1.29 is 0 Å². The van der Waals surface area contributed by atoms with Crippen molar-refractivity contribution in [2.24, 2.45) is 0 Å². The lowest BCUT2D eigenvalue weighted by atomic mass is 10.1. The van der Waals surface area contributed by atoms with Crippen LogP contribution in [-0.4, -0.2) is 20.4 Å². The number of nitrogen functional groups attached to an aromatic ring is 1. The third kappa shape index (κ3) is 1.47. The molecule has 0 aliphatic rings. The minimum absolute atomic E-state index is 0.402. The maximum Gasteiger partial charge on any atom is 0.105 e. The molecular weight excluding hydrogens is 261 g/mol.